The molecule has 0 fully saturated rings. The van der Waals surface area contributed by atoms with Crippen molar-refractivity contribution in [3.8, 4) is 5.75 Å². The lowest BCUT2D eigenvalue weighted by Gasteiger charge is -2.27. The predicted octanol–water partition coefficient (Wildman–Crippen LogP) is 3.20. The lowest BCUT2D eigenvalue weighted by Crippen LogP contribution is -2.26. The molecular formula is C11H13Cl2NO2. The summed E-state index contributed by atoms with van der Waals surface area (Å²) in [6.07, 6.45) is 2.33. The Labute approximate surface area is 105 Å². The zero-order chi connectivity index (χ0) is 11.5. The van der Waals surface area contributed by atoms with Gasteiger partial charge in [0, 0.05) is 24.1 Å². The van der Waals surface area contributed by atoms with E-state index in [0.717, 1.165) is 29.0 Å². The van der Waals surface area contributed by atoms with Crippen LogP contribution in [0.3, 0.4) is 0 Å². The minimum atomic E-state index is -0.207. The third-order valence-electron chi connectivity index (χ3n) is 2.57. The highest BCUT2D eigenvalue weighted by Gasteiger charge is 2.24. The molecule has 2 heterocycles. The van der Waals surface area contributed by atoms with Gasteiger partial charge in [-0.2, -0.15) is 0 Å². The number of alkyl halides is 2. The maximum atomic E-state index is 5.85. The molecule has 0 aliphatic carbocycles. The van der Waals surface area contributed by atoms with Crippen LogP contribution in [-0.2, 0) is 23.1 Å². The minimum Gasteiger partial charge on any atom is -0.463 e. The van der Waals surface area contributed by atoms with E-state index in [1.807, 2.05) is 6.92 Å². The van der Waals surface area contributed by atoms with E-state index in [-0.39, 0.29) is 6.29 Å². The van der Waals surface area contributed by atoms with Gasteiger partial charge >= 0.3 is 0 Å². The van der Waals surface area contributed by atoms with Crippen molar-refractivity contribution in [3.63, 3.8) is 0 Å². The summed E-state index contributed by atoms with van der Waals surface area (Å²) in [5.41, 5.74) is 2.68. The first kappa shape index (κ1) is 12.0. The van der Waals surface area contributed by atoms with E-state index in [9.17, 15) is 0 Å². The number of ether oxygens (including phenoxy) is 2. The molecule has 0 amide bonds. The lowest BCUT2D eigenvalue weighted by atomic mass is 10.1. The van der Waals surface area contributed by atoms with Crippen molar-refractivity contribution >= 4 is 23.2 Å². The Kier molecular flexibility index (Phi) is 3.90. The van der Waals surface area contributed by atoms with Crippen molar-refractivity contribution in [2.24, 2.45) is 0 Å². The largest absolute Gasteiger partial charge is 0.463 e. The summed E-state index contributed by atoms with van der Waals surface area (Å²) in [7, 11) is 0. The summed E-state index contributed by atoms with van der Waals surface area (Å²) < 4.78 is 11.3. The maximum absolute atomic E-state index is 5.85. The molecule has 0 saturated carbocycles. The first-order valence-corrected chi connectivity index (χ1v) is 6.26. The zero-order valence-corrected chi connectivity index (χ0v) is 10.5. The summed E-state index contributed by atoms with van der Waals surface area (Å²) >= 11 is 11.7. The van der Waals surface area contributed by atoms with E-state index < -0.39 is 0 Å². The molecule has 0 N–H and O–H groups in total. The van der Waals surface area contributed by atoms with Crippen molar-refractivity contribution in [1.29, 1.82) is 0 Å². The van der Waals surface area contributed by atoms with E-state index in [1.165, 1.54) is 0 Å². The van der Waals surface area contributed by atoms with Gasteiger partial charge in [-0.25, -0.2) is 0 Å². The van der Waals surface area contributed by atoms with Gasteiger partial charge in [-0.15, -0.1) is 23.2 Å². The lowest BCUT2D eigenvalue weighted by molar-refractivity contribution is -0.109. The molecule has 5 heteroatoms. The van der Waals surface area contributed by atoms with Crippen molar-refractivity contribution in [1.82, 2.24) is 4.98 Å². The van der Waals surface area contributed by atoms with Gasteiger partial charge in [0.25, 0.3) is 0 Å². The van der Waals surface area contributed by atoms with Gasteiger partial charge in [0.15, 0.2) is 12.0 Å². The highest BCUT2D eigenvalue weighted by atomic mass is 35.5. The third-order valence-corrected chi connectivity index (χ3v) is 3.11. The minimum absolute atomic E-state index is 0.207. The Morgan fingerprint density at radius 1 is 1.44 bits per heavy atom. The van der Waals surface area contributed by atoms with Gasteiger partial charge in [-0.05, 0) is 5.56 Å². The smallest absolute Gasteiger partial charge is 0.200 e. The molecule has 1 aromatic rings. The van der Waals surface area contributed by atoms with E-state index in [0.29, 0.717) is 18.4 Å². The van der Waals surface area contributed by atoms with Crippen LogP contribution in [0.4, 0.5) is 0 Å². The number of pyridine rings is 1. The molecule has 0 saturated heterocycles. The molecule has 1 aromatic heterocycles. The van der Waals surface area contributed by atoms with Crippen LogP contribution in [0, 0.1) is 0 Å². The van der Waals surface area contributed by atoms with Crippen LogP contribution in [0.5, 0.6) is 5.75 Å². The molecule has 0 bridgehead atoms. The van der Waals surface area contributed by atoms with Gasteiger partial charge in [0.1, 0.15) is 0 Å². The molecule has 1 aliphatic heterocycles. The maximum Gasteiger partial charge on any atom is 0.200 e. The van der Waals surface area contributed by atoms with Crippen LogP contribution in [0.25, 0.3) is 0 Å². The Balaban J connectivity index is 2.42. The standard InChI is InChI=1S/C11H13Cl2NO2/c1-2-10-15-6-8-7(3-12)5-14-9(4-13)11(8)16-10/h5,10H,2-4,6H2,1H3. The molecule has 1 aliphatic rings. The number of halogens is 2. The number of hydrogen-bond acceptors (Lipinski definition) is 3. The Bertz CT molecular complexity index is 384. The zero-order valence-electron chi connectivity index (χ0n) is 9.00. The summed E-state index contributed by atoms with van der Waals surface area (Å²) in [5.74, 6) is 1.49. The van der Waals surface area contributed by atoms with Crippen LogP contribution in [-0.4, -0.2) is 11.3 Å². The molecular weight excluding hydrogens is 249 g/mol. The fourth-order valence-electron chi connectivity index (χ4n) is 1.66. The predicted molar refractivity (Wildman–Crippen MR) is 62.8 cm³/mol. The van der Waals surface area contributed by atoms with Gasteiger partial charge in [0.2, 0.25) is 0 Å². The molecule has 0 aromatic carbocycles. The fraction of sp³-hybridized carbons (Fsp3) is 0.545. The van der Waals surface area contributed by atoms with E-state index >= 15 is 0 Å². The number of hydrogen-bond donors (Lipinski definition) is 0. The highest BCUT2D eigenvalue weighted by Crippen LogP contribution is 2.33. The average Bonchev–Trinajstić information content (AvgIpc) is 2.36. The Morgan fingerprint density at radius 2 is 2.25 bits per heavy atom. The van der Waals surface area contributed by atoms with Crippen LogP contribution >= 0.6 is 23.2 Å². The van der Waals surface area contributed by atoms with E-state index in [2.05, 4.69) is 4.98 Å². The van der Waals surface area contributed by atoms with Crippen LogP contribution in [0.15, 0.2) is 6.20 Å². The van der Waals surface area contributed by atoms with Crippen molar-refractivity contribution in [3.05, 3.63) is 23.0 Å². The SMILES string of the molecule is CCC1OCc2c(CCl)cnc(CCl)c2O1. The topological polar surface area (TPSA) is 31.4 Å². The molecule has 16 heavy (non-hydrogen) atoms. The summed E-state index contributed by atoms with van der Waals surface area (Å²) in [5, 5.41) is 0. The molecule has 1 atom stereocenters. The Hall–Kier alpha value is -0.510. The van der Waals surface area contributed by atoms with Crippen LogP contribution in [0.1, 0.15) is 30.2 Å². The molecule has 2 rings (SSSR count). The fourth-order valence-corrected chi connectivity index (χ4v) is 2.08. The van der Waals surface area contributed by atoms with Crippen molar-refractivity contribution < 1.29 is 9.47 Å². The Morgan fingerprint density at radius 3 is 2.88 bits per heavy atom. The van der Waals surface area contributed by atoms with Gasteiger partial charge < -0.3 is 9.47 Å². The summed E-state index contributed by atoms with van der Waals surface area (Å²) in [4.78, 5) is 4.25. The van der Waals surface area contributed by atoms with Crippen molar-refractivity contribution in [2.75, 3.05) is 0 Å². The number of nitrogens with zero attached hydrogens (tertiary/aromatic N) is 1. The molecule has 3 nitrogen and oxygen atoms in total. The second kappa shape index (κ2) is 5.21. The summed E-state index contributed by atoms with van der Waals surface area (Å²) in [6.45, 7) is 2.52. The van der Waals surface area contributed by atoms with E-state index in [1.54, 1.807) is 6.20 Å². The average molecular weight is 262 g/mol. The van der Waals surface area contributed by atoms with Crippen molar-refractivity contribution in [2.45, 2.75) is 38.0 Å². The van der Waals surface area contributed by atoms with Crippen LogP contribution in [0.2, 0.25) is 0 Å². The van der Waals surface area contributed by atoms with Gasteiger partial charge in [-0.1, -0.05) is 6.92 Å². The first-order chi connectivity index (χ1) is 7.80. The molecule has 1 unspecified atom stereocenters. The number of rotatable bonds is 3. The number of fused-ring (bicyclic) bond motifs is 1. The second-order valence-corrected chi connectivity index (χ2v) is 4.11. The monoisotopic (exact) mass is 261 g/mol. The summed E-state index contributed by atoms with van der Waals surface area (Å²) in [6, 6.07) is 0. The molecule has 0 spiro atoms. The van der Waals surface area contributed by atoms with E-state index in [4.69, 9.17) is 32.7 Å². The second-order valence-electron chi connectivity index (χ2n) is 3.57. The van der Waals surface area contributed by atoms with Gasteiger partial charge in [0.05, 0.1) is 18.2 Å². The highest BCUT2D eigenvalue weighted by molar-refractivity contribution is 6.17. The normalized spacial score (nSPS) is 19.1. The quantitative estimate of drug-likeness (QED) is 0.784. The van der Waals surface area contributed by atoms with Crippen LogP contribution < -0.4 is 4.74 Å². The third kappa shape index (κ3) is 2.12. The van der Waals surface area contributed by atoms with Gasteiger partial charge in [-0.3, -0.25) is 4.98 Å². The number of aromatic nitrogens is 1. The molecule has 88 valence electrons. The molecule has 0 radical (unpaired) electrons. The first-order valence-electron chi connectivity index (χ1n) is 5.20.